The topological polar surface area (TPSA) is 39.3 Å². The molecule has 3 rings (SSSR count). The number of nitrogens with zero attached hydrogens (tertiary/aromatic N) is 1. The molecular weight excluding hydrogens is 344 g/mol. The van der Waals surface area contributed by atoms with E-state index in [0.717, 1.165) is 51.5 Å². The molecule has 2 N–H and O–H groups in total. The van der Waals surface area contributed by atoms with Crippen LogP contribution >= 0.6 is 0 Å². The number of aliphatic hydroxyl groups is 1. The number of unbranched alkanes of at least 4 members (excludes halogenated alkanes) is 1. The van der Waals surface area contributed by atoms with E-state index in [9.17, 15) is 5.11 Å². The highest BCUT2D eigenvalue weighted by Gasteiger charge is 2.45. The Hall–Kier alpha value is -1.32. The number of benzene rings is 1. The van der Waals surface area contributed by atoms with Crippen LogP contribution in [0.1, 0.15) is 96.4 Å². The molecule has 2 aromatic rings. The van der Waals surface area contributed by atoms with Gasteiger partial charge in [-0.3, -0.25) is 4.90 Å². The number of fused-ring (bicyclic) bond motifs is 3. The number of H-pyrrole nitrogens is 1. The quantitative estimate of drug-likeness (QED) is 0.500. The van der Waals surface area contributed by atoms with Gasteiger partial charge in [-0.15, -0.1) is 0 Å². The summed E-state index contributed by atoms with van der Waals surface area (Å²) in [7, 11) is 0. The van der Waals surface area contributed by atoms with Crippen LogP contribution in [0, 0.1) is 0 Å². The van der Waals surface area contributed by atoms with Crippen molar-refractivity contribution in [3.8, 4) is 0 Å². The van der Waals surface area contributed by atoms with Crippen LogP contribution in [0.2, 0.25) is 0 Å². The Morgan fingerprint density at radius 1 is 1.04 bits per heavy atom. The van der Waals surface area contributed by atoms with E-state index in [2.05, 4.69) is 61.8 Å². The van der Waals surface area contributed by atoms with Crippen molar-refractivity contribution >= 4 is 10.9 Å². The Labute approximate surface area is 171 Å². The van der Waals surface area contributed by atoms with Crippen LogP contribution < -0.4 is 0 Å². The molecule has 0 amide bonds. The molecule has 1 aliphatic rings. The lowest BCUT2D eigenvalue weighted by Gasteiger charge is -2.49. The van der Waals surface area contributed by atoms with Gasteiger partial charge in [0.1, 0.15) is 0 Å². The summed E-state index contributed by atoms with van der Waals surface area (Å²) < 4.78 is 0. The fourth-order valence-corrected chi connectivity index (χ4v) is 5.48. The second kappa shape index (κ2) is 9.45. The third kappa shape index (κ3) is 4.02. The summed E-state index contributed by atoms with van der Waals surface area (Å²) in [5.41, 5.74) is 3.52. The van der Waals surface area contributed by atoms with Gasteiger partial charge in [0.15, 0.2) is 0 Å². The highest BCUT2D eigenvalue weighted by Crippen LogP contribution is 2.44. The molecule has 0 spiro atoms. The van der Waals surface area contributed by atoms with Crippen molar-refractivity contribution in [2.24, 2.45) is 0 Å². The molecule has 28 heavy (non-hydrogen) atoms. The van der Waals surface area contributed by atoms with Crippen LogP contribution in [0.3, 0.4) is 0 Å². The van der Waals surface area contributed by atoms with E-state index >= 15 is 0 Å². The molecule has 0 bridgehead atoms. The zero-order valence-corrected chi connectivity index (χ0v) is 18.4. The van der Waals surface area contributed by atoms with Crippen LogP contribution in [-0.2, 0) is 6.42 Å². The summed E-state index contributed by atoms with van der Waals surface area (Å²) in [5.74, 6) is 0. The molecule has 0 fully saturated rings. The van der Waals surface area contributed by atoms with Gasteiger partial charge in [-0.2, -0.15) is 0 Å². The first-order chi connectivity index (χ1) is 13.6. The third-order valence-corrected chi connectivity index (χ3v) is 6.70. The number of aromatic nitrogens is 1. The molecule has 0 saturated carbocycles. The first kappa shape index (κ1) is 21.4. The Morgan fingerprint density at radius 2 is 1.75 bits per heavy atom. The van der Waals surface area contributed by atoms with Gasteiger partial charge >= 0.3 is 0 Å². The molecule has 3 nitrogen and oxygen atoms in total. The van der Waals surface area contributed by atoms with Crippen LogP contribution in [0.25, 0.3) is 10.9 Å². The van der Waals surface area contributed by atoms with Gasteiger partial charge in [-0.05, 0) is 50.3 Å². The van der Waals surface area contributed by atoms with Crippen LogP contribution in [0.4, 0.5) is 0 Å². The molecule has 1 aromatic heterocycles. The molecule has 1 aromatic carbocycles. The fraction of sp³-hybridized carbons (Fsp3) is 0.680. The number of nitrogens with one attached hydrogen (secondary N) is 1. The van der Waals surface area contributed by atoms with Crippen molar-refractivity contribution in [1.82, 2.24) is 9.88 Å². The van der Waals surface area contributed by atoms with Gasteiger partial charge in [-0.25, -0.2) is 0 Å². The zero-order valence-electron chi connectivity index (χ0n) is 18.4. The summed E-state index contributed by atoms with van der Waals surface area (Å²) in [6, 6.07) is 9.32. The summed E-state index contributed by atoms with van der Waals surface area (Å²) in [6.45, 7) is 10.1. The van der Waals surface area contributed by atoms with Crippen molar-refractivity contribution in [2.75, 3.05) is 6.54 Å². The predicted molar refractivity (Wildman–Crippen MR) is 120 cm³/mol. The molecule has 0 radical (unpaired) electrons. The SMILES string of the molecule is CCCCN1[C@H](CCC)c2[nH]c3ccccc3c2C[C@H]1C(O)(CCC)CCC. The van der Waals surface area contributed by atoms with Gasteiger partial charge < -0.3 is 10.1 Å². The number of rotatable bonds is 10. The largest absolute Gasteiger partial charge is 0.388 e. The molecule has 156 valence electrons. The maximum Gasteiger partial charge on any atom is 0.0805 e. The molecule has 0 saturated heterocycles. The zero-order chi connectivity index (χ0) is 20.1. The van der Waals surface area contributed by atoms with Crippen LogP contribution in [0.15, 0.2) is 24.3 Å². The smallest absolute Gasteiger partial charge is 0.0805 e. The Kier molecular flexibility index (Phi) is 7.22. The highest BCUT2D eigenvalue weighted by atomic mass is 16.3. The molecule has 1 aliphatic heterocycles. The van der Waals surface area contributed by atoms with Gasteiger partial charge in [-0.1, -0.05) is 71.6 Å². The molecule has 2 heterocycles. The Morgan fingerprint density at radius 3 is 2.39 bits per heavy atom. The normalized spacial score (nSPS) is 20.6. The average Bonchev–Trinajstić information content (AvgIpc) is 3.06. The number of hydrogen-bond acceptors (Lipinski definition) is 2. The maximum absolute atomic E-state index is 11.9. The fourth-order valence-electron chi connectivity index (χ4n) is 5.48. The van der Waals surface area contributed by atoms with Gasteiger partial charge in [0.2, 0.25) is 0 Å². The van der Waals surface area contributed by atoms with Gasteiger partial charge in [0, 0.05) is 22.6 Å². The summed E-state index contributed by atoms with van der Waals surface area (Å²) in [6.07, 6.45) is 9.52. The molecule has 3 heteroatoms. The molecule has 0 aliphatic carbocycles. The summed E-state index contributed by atoms with van der Waals surface area (Å²) in [4.78, 5) is 6.45. The predicted octanol–water partition coefficient (Wildman–Crippen LogP) is 6.37. The van der Waals surface area contributed by atoms with Crippen molar-refractivity contribution in [1.29, 1.82) is 0 Å². The van der Waals surface area contributed by atoms with Crippen molar-refractivity contribution in [2.45, 2.75) is 103 Å². The molecule has 0 unspecified atom stereocenters. The van der Waals surface area contributed by atoms with Crippen molar-refractivity contribution < 1.29 is 5.11 Å². The monoisotopic (exact) mass is 384 g/mol. The van der Waals surface area contributed by atoms with Crippen LogP contribution in [-0.4, -0.2) is 33.2 Å². The van der Waals surface area contributed by atoms with Crippen molar-refractivity contribution in [3.05, 3.63) is 35.5 Å². The van der Waals surface area contributed by atoms with Gasteiger partial charge in [0.25, 0.3) is 0 Å². The van der Waals surface area contributed by atoms with E-state index in [0.29, 0.717) is 6.04 Å². The van der Waals surface area contributed by atoms with E-state index in [1.807, 2.05) is 0 Å². The maximum atomic E-state index is 11.9. The number of para-hydroxylation sites is 1. The van der Waals surface area contributed by atoms with Crippen molar-refractivity contribution in [3.63, 3.8) is 0 Å². The standard InChI is InChI=1S/C25H40N2O/c1-5-9-17-27-22(12-6-2)24-20(19-13-10-11-14-21(19)26-24)18-23(27)25(28,15-7-3)16-8-4/h10-11,13-14,22-23,26,28H,5-9,12,15-18H2,1-4H3/t22-,23+/m1/s1. The second-order valence-corrected chi connectivity index (χ2v) is 8.78. The minimum Gasteiger partial charge on any atom is -0.388 e. The number of aromatic amines is 1. The Balaban J connectivity index is 2.11. The second-order valence-electron chi connectivity index (χ2n) is 8.78. The van der Waals surface area contributed by atoms with E-state index in [4.69, 9.17) is 0 Å². The summed E-state index contributed by atoms with van der Waals surface area (Å²) >= 11 is 0. The third-order valence-electron chi connectivity index (χ3n) is 6.70. The van der Waals surface area contributed by atoms with Gasteiger partial charge in [0.05, 0.1) is 11.6 Å². The first-order valence-corrected chi connectivity index (χ1v) is 11.7. The summed E-state index contributed by atoms with van der Waals surface area (Å²) in [5, 5.41) is 13.2. The van der Waals surface area contributed by atoms with E-state index in [-0.39, 0.29) is 6.04 Å². The lowest BCUT2D eigenvalue weighted by atomic mass is 9.76. The van der Waals surface area contributed by atoms with E-state index in [1.165, 1.54) is 35.0 Å². The highest BCUT2D eigenvalue weighted by molar-refractivity contribution is 5.85. The minimum absolute atomic E-state index is 0.210. The lowest BCUT2D eigenvalue weighted by molar-refractivity contribution is -0.0813. The Bertz CT molecular complexity index is 744. The minimum atomic E-state index is -0.598. The van der Waals surface area contributed by atoms with E-state index in [1.54, 1.807) is 0 Å². The first-order valence-electron chi connectivity index (χ1n) is 11.7. The average molecular weight is 385 g/mol. The van der Waals surface area contributed by atoms with E-state index < -0.39 is 5.60 Å². The lowest BCUT2D eigenvalue weighted by Crippen LogP contribution is -2.57. The molecular formula is C25H40N2O. The van der Waals surface area contributed by atoms with Crippen LogP contribution in [0.5, 0.6) is 0 Å². The molecule has 2 atom stereocenters. The number of hydrogen-bond donors (Lipinski definition) is 2.